The second-order valence-electron chi connectivity index (χ2n) is 6.10. The number of amides is 1. The Kier molecular flexibility index (Phi) is 5.06. The minimum atomic E-state index is -0.325. The summed E-state index contributed by atoms with van der Waals surface area (Å²) in [6.07, 6.45) is 3.34. The summed E-state index contributed by atoms with van der Waals surface area (Å²) in [5.74, 6) is 1.43. The number of benzene rings is 1. The van der Waals surface area contributed by atoms with E-state index in [-0.39, 0.29) is 18.6 Å². The molecule has 1 saturated heterocycles. The van der Waals surface area contributed by atoms with Crippen molar-refractivity contribution in [1.82, 2.24) is 25.3 Å². The van der Waals surface area contributed by atoms with Crippen molar-refractivity contribution in [2.45, 2.75) is 6.04 Å². The maximum Gasteiger partial charge on any atom is 0.261 e. The lowest BCUT2D eigenvalue weighted by molar-refractivity contribution is -0.137. The van der Waals surface area contributed by atoms with Gasteiger partial charge in [-0.3, -0.25) is 9.78 Å². The fourth-order valence-corrected chi connectivity index (χ4v) is 2.96. The highest BCUT2D eigenvalue weighted by Crippen LogP contribution is 2.24. The molecule has 3 heterocycles. The summed E-state index contributed by atoms with van der Waals surface area (Å²) in [5.41, 5.74) is 0.814. The summed E-state index contributed by atoms with van der Waals surface area (Å²) in [6.45, 7) is 1.77. The second-order valence-corrected chi connectivity index (χ2v) is 6.10. The topological polar surface area (TPSA) is 93.4 Å². The molecule has 0 radical (unpaired) electrons. The van der Waals surface area contributed by atoms with Crippen molar-refractivity contribution in [3.63, 3.8) is 0 Å². The van der Waals surface area contributed by atoms with E-state index in [0.717, 1.165) is 5.56 Å². The maximum absolute atomic E-state index is 12.7. The molecule has 138 valence electrons. The molecular formula is C19H19N5O3. The summed E-state index contributed by atoms with van der Waals surface area (Å²) in [4.78, 5) is 22.9. The average molecular weight is 365 g/mol. The molecule has 1 amide bonds. The zero-order valence-electron chi connectivity index (χ0n) is 14.6. The highest BCUT2D eigenvalue weighted by Gasteiger charge is 2.32. The third-order valence-electron chi connectivity index (χ3n) is 4.33. The van der Waals surface area contributed by atoms with Gasteiger partial charge in [0.1, 0.15) is 11.8 Å². The van der Waals surface area contributed by atoms with Crippen LogP contribution < -0.4 is 10.1 Å². The number of para-hydroxylation sites is 1. The first-order valence-corrected chi connectivity index (χ1v) is 8.73. The highest BCUT2D eigenvalue weighted by molar-refractivity contribution is 5.78. The van der Waals surface area contributed by atoms with E-state index >= 15 is 0 Å². The molecule has 0 aliphatic carbocycles. The molecule has 1 aliphatic heterocycles. The molecule has 8 nitrogen and oxygen atoms in total. The molecule has 1 N–H and O–H groups in total. The number of aromatic nitrogens is 3. The first kappa shape index (κ1) is 17.2. The Morgan fingerprint density at radius 2 is 2.04 bits per heavy atom. The zero-order chi connectivity index (χ0) is 18.5. The summed E-state index contributed by atoms with van der Waals surface area (Å²) >= 11 is 0. The van der Waals surface area contributed by atoms with Crippen LogP contribution in [0.1, 0.15) is 11.9 Å². The maximum atomic E-state index is 12.7. The number of carbonyl (C=O) groups excluding carboxylic acids is 1. The van der Waals surface area contributed by atoms with E-state index in [0.29, 0.717) is 37.1 Å². The van der Waals surface area contributed by atoms with Gasteiger partial charge in [0.2, 0.25) is 5.82 Å². The molecule has 0 bridgehead atoms. The fourth-order valence-electron chi connectivity index (χ4n) is 2.96. The molecule has 0 spiro atoms. The highest BCUT2D eigenvalue weighted by atomic mass is 16.5. The van der Waals surface area contributed by atoms with Gasteiger partial charge in [0, 0.05) is 37.6 Å². The van der Waals surface area contributed by atoms with Gasteiger partial charge in [0.25, 0.3) is 11.8 Å². The Morgan fingerprint density at radius 1 is 1.22 bits per heavy atom. The van der Waals surface area contributed by atoms with Gasteiger partial charge >= 0.3 is 0 Å². The number of nitrogens with zero attached hydrogens (tertiary/aromatic N) is 4. The third-order valence-corrected chi connectivity index (χ3v) is 4.33. The smallest absolute Gasteiger partial charge is 0.261 e. The fraction of sp³-hybridized carbons (Fsp3) is 0.263. The van der Waals surface area contributed by atoms with Crippen molar-refractivity contribution in [2.24, 2.45) is 0 Å². The predicted molar refractivity (Wildman–Crippen MR) is 96.8 cm³/mol. The molecule has 8 heteroatoms. The molecule has 0 saturated carbocycles. The summed E-state index contributed by atoms with van der Waals surface area (Å²) in [5, 5.41) is 7.31. The molecule has 1 unspecified atom stereocenters. The number of nitrogens with one attached hydrogen (secondary N) is 1. The predicted octanol–water partition coefficient (Wildman–Crippen LogP) is 1.68. The standard InChI is InChI=1S/C19H19N5O3/c25-17(13-26-15-4-2-1-3-5-15)24-11-10-21-12-16(24)19-22-18(23-27-19)14-6-8-20-9-7-14/h1-9,16,21H,10-13H2. The molecule has 1 aromatic carbocycles. The Morgan fingerprint density at radius 3 is 2.85 bits per heavy atom. The van der Waals surface area contributed by atoms with E-state index in [4.69, 9.17) is 9.26 Å². The van der Waals surface area contributed by atoms with Crippen molar-refractivity contribution in [2.75, 3.05) is 26.2 Å². The van der Waals surface area contributed by atoms with E-state index in [1.807, 2.05) is 42.5 Å². The first-order chi connectivity index (χ1) is 13.3. The molecular weight excluding hydrogens is 346 g/mol. The quantitative estimate of drug-likeness (QED) is 0.735. The Balaban J connectivity index is 1.47. The lowest BCUT2D eigenvalue weighted by atomic mass is 10.2. The second kappa shape index (κ2) is 7.96. The average Bonchev–Trinajstić information content (AvgIpc) is 3.23. The van der Waals surface area contributed by atoms with Gasteiger partial charge in [0.05, 0.1) is 0 Å². The number of carbonyl (C=O) groups is 1. The van der Waals surface area contributed by atoms with Crippen LogP contribution in [0.5, 0.6) is 5.75 Å². The first-order valence-electron chi connectivity index (χ1n) is 8.73. The van der Waals surface area contributed by atoms with E-state index in [1.54, 1.807) is 17.3 Å². The molecule has 2 aromatic heterocycles. The largest absolute Gasteiger partial charge is 0.484 e. The van der Waals surface area contributed by atoms with Crippen LogP contribution in [-0.2, 0) is 4.79 Å². The van der Waals surface area contributed by atoms with Gasteiger partial charge < -0.3 is 19.5 Å². The molecule has 27 heavy (non-hydrogen) atoms. The number of pyridine rings is 1. The number of piperazine rings is 1. The van der Waals surface area contributed by atoms with Crippen molar-refractivity contribution in [3.05, 3.63) is 60.7 Å². The lowest BCUT2D eigenvalue weighted by Gasteiger charge is -2.33. The Bertz CT molecular complexity index is 885. The number of hydrogen-bond acceptors (Lipinski definition) is 7. The van der Waals surface area contributed by atoms with Crippen molar-refractivity contribution in [3.8, 4) is 17.1 Å². The van der Waals surface area contributed by atoms with Crippen LogP contribution in [0.25, 0.3) is 11.4 Å². The van der Waals surface area contributed by atoms with Crippen LogP contribution in [0.15, 0.2) is 59.4 Å². The monoisotopic (exact) mass is 365 g/mol. The van der Waals surface area contributed by atoms with E-state index in [9.17, 15) is 4.79 Å². The lowest BCUT2D eigenvalue weighted by Crippen LogP contribution is -2.50. The summed E-state index contributed by atoms with van der Waals surface area (Å²) in [6, 6.07) is 12.6. The number of ether oxygens (including phenoxy) is 1. The van der Waals surface area contributed by atoms with Crippen molar-refractivity contribution < 1.29 is 14.1 Å². The van der Waals surface area contributed by atoms with Gasteiger partial charge in [-0.05, 0) is 24.3 Å². The van der Waals surface area contributed by atoms with Crippen molar-refractivity contribution >= 4 is 5.91 Å². The number of rotatable bonds is 5. The minimum absolute atomic E-state index is 0.0359. The normalized spacial score (nSPS) is 16.9. The SMILES string of the molecule is O=C(COc1ccccc1)N1CCNCC1c1nc(-c2ccncc2)no1. The third kappa shape index (κ3) is 3.95. The molecule has 1 aliphatic rings. The van der Waals surface area contributed by atoms with Crippen LogP contribution in [0.3, 0.4) is 0 Å². The van der Waals surface area contributed by atoms with E-state index in [1.165, 1.54) is 0 Å². The van der Waals surface area contributed by atoms with Gasteiger partial charge in [-0.2, -0.15) is 4.98 Å². The van der Waals surface area contributed by atoms with E-state index < -0.39 is 0 Å². The minimum Gasteiger partial charge on any atom is -0.484 e. The van der Waals surface area contributed by atoms with Crippen LogP contribution in [0.4, 0.5) is 0 Å². The van der Waals surface area contributed by atoms with Crippen LogP contribution in [-0.4, -0.2) is 52.2 Å². The Labute approximate surface area is 156 Å². The van der Waals surface area contributed by atoms with Crippen LogP contribution in [0, 0.1) is 0 Å². The molecule has 4 rings (SSSR count). The van der Waals surface area contributed by atoms with Crippen molar-refractivity contribution in [1.29, 1.82) is 0 Å². The Hall–Kier alpha value is -3.26. The summed E-state index contributed by atoms with van der Waals surface area (Å²) < 4.78 is 11.0. The zero-order valence-corrected chi connectivity index (χ0v) is 14.6. The van der Waals surface area contributed by atoms with Gasteiger partial charge in [0.15, 0.2) is 6.61 Å². The van der Waals surface area contributed by atoms with Gasteiger partial charge in [-0.1, -0.05) is 23.4 Å². The molecule has 3 aromatic rings. The van der Waals surface area contributed by atoms with Crippen LogP contribution in [0.2, 0.25) is 0 Å². The van der Waals surface area contributed by atoms with E-state index in [2.05, 4.69) is 20.4 Å². The van der Waals surface area contributed by atoms with Crippen LogP contribution >= 0.6 is 0 Å². The number of hydrogen-bond donors (Lipinski definition) is 1. The van der Waals surface area contributed by atoms with Gasteiger partial charge in [-0.25, -0.2) is 0 Å². The molecule has 1 fully saturated rings. The van der Waals surface area contributed by atoms with Gasteiger partial charge in [-0.15, -0.1) is 0 Å². The summed E-state index contributed by atoms with van der Waals surface area (Å²) in [7, 11) is 0. The molecule has 1 atom stereocenters.